The molecule has 0 bridgehead atoms. The number of amides is 1. The van der Waals surface area contributed by atoms with Gasteiger partial charge in [0.2, 0.25) is 5.91 Å². The third-order valence-corrected chi connectivity index (χ3v) is 3.37. The van der Waals surface area contributed by atoms with E-state index in [4.69, 9.17) is 0 Å². The van der Waals surface area contributed by atoms with E-state index in [1.807, 2.05) is 39.7 Å². The molecule has 118 valence electrons. The Balaban J connectivity index is 0. The molecule has 20 heavy (non-hydrogen) atoms. The smallest absolute Gasteiger partial charge is 0.222 e. The van der Waals surface area contributed by atoms with Crippen molar-refractivity contribution in [3.05, 3.63) is 17.0 Å². The van der Waals surface area contributed by atoms with Gasteiger partial charge in [0.05, 0.1) is 5.69 Å². The van der Waals surface area contributed by atoms with Crippen LogP contribution in [-0.4, -0.2) is 47.8 Å². The number of halogens is 2. The molecule has 1 aromatic heterocycles. The van der Waals surface area contributed by atoms with Crippen LogP contribution in [0.1, 0.15) is 23.4 Å². The molecular formula is C13H26Cl2N4O. The Morgan fingerprint density at radius 1 is 1.35 bits per heavy atom. The molecular weight excluding hydrogens is 299 g/mol. The van der Waals surface area contributed by atoms with Crippen LogP contribution in [0.25, 0.3) is 0 Å². The summed E-state index contributed by atoms with van der Waals surface area (Å²) in [7, 11) is 5.68. The molecule has 7 heteroatoms. The summed E-state index contributed by atoms with van der Waals surface area (Å²) in [6.07, 6.45) is 1.32. The Bertz CT molecular complexity index is 421. The maximum atomic E-state index is 11.9. The molecule has 0 unspecified atom stereocenters. The van der Waals surface area contributed by atoms with Crippen molar-refractivity contribution in [1.82, 2.24) is 20.0 Å². The molecule has 0 radical (unpaired) electrons. The first-order valence-electron chi connectivity index (χ1n) is 6.35. The van der Waals surface area contributed by atoms with E-state index in [9.17, 15) is 4.79 Å². The van der Waals surface area contributed by atoms with Crippen molar-refractivity contribution in [2.45, 2.75) is 26.7 Å². The lowest BCUT2D eigenvalue weighted by Crippen LogP contribution is -2.32. The minimum absolute atomic E-state index is 0. The van der Waals surface area contributed by atoms with E-state index in [0.29, 0.717) is 6.42 Å². The van der Waals surface area contributed by atoms with Crippen LogP contribution in [0.15, 0.2) is 0 Å². The highest BCUT2D eigenvalue weighted by Crippen LogP contribution is 2.14. The maximum Gasteiger partial charge on any atom is 0.222 e. The number of aromatic nitrogens is 2. The van der Waals surface area contributed by atoms with E-state index < -0.39 is 0 Å². The fraction of sp³-hybridized carbons (Fsp3) is 0.692. The lowest BCUT2D eigenvalue weighted by Gasteiger charge is -2.16. The minimum Gasteiger partial charge on any atom is -0.344 e. The highest BCUT2D eigenvalue weighted by molar-refractivity contribution is 5.85. The van der Waals surface area contributed by atoms with Gasteiger partial charge in [0.25, 0.3) is 0 Å². The Morgan fingerprint density at radius 3 is 2.40 bits per heavy atom. The minimum atomic E-state index is 0. The van der Waals surface area contributed by atoms with Gasteiger partial charge in [-0.2, -0.15) is 5.10 Å². The van der Waals surface area contributed by atoms with Crippen LogP contribution in [0, 0.1) is 13.8 Å². The second-order valence-corrected chi connectivity index (χ2v) is 4.69. The highest BCUT2D eigenvalue weighted by atomic mass is 35.5. The molecule has 1 amide bonds. The number of nitrogens with one attached hydrogen (secondary N) is 1. The maximum absolute atomic E-state index is 11.9. The second kappa shape index (κ2) is 10.0. The average Bonchev–Trinajstić information content (AvgIpc) is 2.58. The fourth-order valence-electron chi connectivity index (χ4n) is 2.01. The SMILES string of the molecule is CNCCN(C)C(=O)CCc1c(C)nn(C)c1C.Cl.Cl. The number of nitrogens with zero attached hydrogens (tertiary/aromatic N) is 3. The normalized spacial score (nSPS) is 9.65. The summed E-state index contributed by atoms with van der Waals surface area (Å²) in [5.41, 5.74) is 3.38. The van der Waals surface area contributed by atoms with Crippen molar-refractivity contribution in [3.8, 4) is 0 Å². The first-order chi connectivity index (χ1) is 8.47. The van der Waals surface area contributed by atoms with Gasteiger partial charge >= 0.3 is 0 Å². The van der Waals surface area contributed by atoms with Crippen molar-refractivity contribution < 1.29 is 4.79 Å². The van der Waals surface area contributed by atoms with Crippen molar-refractivity contribution in [1.29, 1.82) is 0 Å². The zero-order valence-corrected chi connectivity index (χ0v) is 14.5. The summed E-state index contributed by atoms with van der Waals surface area (Å²) in [6, 6.07) is 0. The highest BCUT2D eigenvalue weighted by Gasteiger charge is 2.13. The topological polar surface area (TPSA) is 50.2 Å². The number of rotatable bonds is 6. The van der Waals surface area contributed by atoms with E-state index in [2.05, 4.69) is 10.4 Å². The first kappa shape index (κ1) is 21.5. The molecule has 0 fully saturated rings. The molecule has 0 aromatic carbocycles. The summed E-state index contributed by atoms with van der Waals surface area (Å²) in [4.78, 5) is 13.7. The van der Waals surface area contributed by atoms with Gasteiger partial charge in [-0.3, -0.25) is 9.48 Å². The molecule has 5 nitrogen and oxygen atoms in total. The molecule has 0 aliphatic rings. The Labute approximate surface area is 133 Å². The molecule has 0 spiro atoms. The van der Waals surface area contributed by atoms with Gasteiger partial charge in [0.1, 0.15) is 0 Å². The quantitative estimate of drug-likeness (QED) is 0.862. The summed E-state index contributed by atoms with van der Waals surface area (Å²) < 4.78 is 1.87. The summed E-state index contributed by atoms with van der Waals surface area (Å²) in [5, 5.41) is 7.41. The van der Waals surface area contributed by atoms with Crippen molar-refractivity contribution in [2.24, 2.45) is 7.05 Å². The van der Waals surface area contributed by atoms with Crippen LogP contribution >= 0.6 is 24.8 Å². The molecule has 1 N–H and O–H groups in total. The van der Waals surface area contributed by atoms with E-state index in [1.54, 1.807) is 4.90 Å². The van der Waals surface area contributed by atoms with Gasteiger partial charge in [-0.15, -0.1) is 24.8 Å². The zero-order valence-electron chi connectivity index (χ0n) is 12.9. The Hall–Kier alpha value is -0.780. The monoisotopic (exact) mass is 324 g/mol. The lowest BCUT2D eigenvalue weighted by atomic mass is 10.1. The van der Waals surface area contributed by atoms with E-state index in [-0.39, 0.29) is 30.7 Å². The lowest BCUT2D eigenvalue weighted by molar-refractivity contribution is -0.129. The van der Waals surface area contributed by atoms with Crippen molar-refractivity contribution in [3.63, 3.8) is 0 Å². The predicted molar refractivity (Wildman–Crippen MR) is 87.1 cm³/mol. The number of carbonyl (C=O) groups is 1. The van der Waals surface area contributed by atoms with E-state index in [1.165, 1.54) is 5.56 Å². The number of carbonyl (C=O) groups excluding carboxylic acids is 1. The number of likely N-dealkylation sites (N-methyl/N-ethyl adjacent to an activating group) is 2. The number of hydrogen-bond acceptors (Lipinski definition) is 3. The third-order valence-electron chi connectivity index (χ3n) is 3.37. The summed E-state index contributed by atoms with van der Waals surface area (Å²) in [6.45, 7) is 5.62. The van der Waals surface area contributed by atoms with Crippen LogP contribution in [0.4, 0.5) is 0 Å². The molecule has 0 saturated heterocycles. The number of aryl methyl sites for hydroxylation is 2. The van der Waals surface area contributed by atoms with Crippen LogP contribution in [0.2, 0.25) is 0 Å². The van der Waals surface area contributed by atoms with Crippen LogP contribution < -0.4 is 5.32 Å². The number of hydrogen-bond donors (Lipinski definition) is 1. The molecule has 0 atom stereocenters. The van der Waals surface area contributed by atoms with Gasteiger partial charge in [-0.1, -0.05) is 0 Å². The standard InChI is InChI=1S/C13H24N4O.2ClH/c1-10-12(11(2)17(5)15-10)6-7-13(18)16(4)9-8-14-3;;/h14H,6-9H2,1-5H3;2*1H. The van der Waals surface area contributed by atoms with Gasteiger partial charge in [-0.25, -0.2) is 0 Å². The molecule has 1 aromatic rings. The van der Waals surface area contributed by atoms with Crippen LogP contribution in [0.5, 0.6) is 0 Å². The Kier molecular flexibility index (Phi) is 10.8. The predicted octanol–water partition coefficient (Wildman–Crippen LogP) is 1.49. The van der Waals surface area contributed by atoms with Crippen LogP contribution in [-0.2, 0) is 18.3 Å². The molecule has 1 rings (SSSR count). The van der Waals surface area contributed by atoms with Crippen molar-refractivity contribution in [2.75, 3.05) is 27.2 Å². The summed E-state index contributed by atoms with van der Waals surface area (Å²) >= 11 is 0. The van der Waals surface area contributed by atoms with Gasteiger partial charge in [0, 0.05) is 39.3 Å². The Morgan fingerprint density at radius 2 is 1.95 bits per heavy atom. The van der Waals surface area contributed by atoms with E-state index in [0.717, 1.165) is 30.9 Å². The molecule has 0 saturated carbocycles. The first-order valence-corrected chi connectivity index (χ1v) is 6.35. The largest absolute Gasteiger partial charge is 0.344 e. The van der Waals surface area contributed by atoms with Gasteiger partial charge in [-0.05, 0) is 32.9 Å². The zero-order chi connectivity index (χ0) is 13.7. The third kappa shape index (κ3) is 5.69. The molecule has 1 heterocycles. The summed E-state index contributed by atoms with van der Waals surface area (Å²) in [5.74, 6) is 0.188. The van der Waals surface area contributed by atoms with Gasteiger partial charge in [0.15, 0.2) is 0 Å². The van der Waals surface area contributed by atoms with E-state index >= 15 is 0 Å². The average molecular weight is 325 g/mol. The molecule has 0 aliphatic heterocycles. The van der Waals surface area contributed by atoms with Crippen LogP contribution in [0.3, 0.4) is 0 Å². The van der Waals surface area contributed by atoms with Crippen molar-refractivity contribution >= 4 is 30.7 Å². The fourth-order valence-corrected chi connectivity index (χ4v) is 2.01. The second-order valence-electron chi connectivity index (χ2n) is 4.69. The molecule has 0 aliphatic carbocycles. The van der Waals surface area contributed by atoms with Gasteiger partial charge < -0.3 is 10.2 Å².